The quantitative estimate of drug-likeness (QED) is 0.663. The lowest BCUT2D eigenvalue weighted by atomic mass is 9.81. The molecule has 1 saturated carbocycles. The molecule has 0 aromatic rings. The molecule has 6 nitrogen and oxygen atoms in total. The molecule has 1 atom stereocenters. The van der Waals surface area contributed by atoms with Gasteiger partial charge in [0.2, 0.25) is 5.91 Å². The van der Waals surface area contributed by atoms with Gasteiger partial charge in [0.15, 0.2) is 0 Å². The summed E-state index contributed by atoms with van der Waals surface area (Å²) in [5, 5.41) is 0. The highest BCUT2D eigenvalue weighted by atomic mass is 16.2. The standard InChI is InChI=1S/C19H33N3O3/c1-5-7-13-21(15(3)6-2)16(23)14-22-17(24)19(20(4)18(22)25)11-9-8-10-12-19/h15H,5-14H2,1-4H3. The zero-order valence-electron chi connectivity index (χ0n) is 16.2. The molecular formula is C19H33N3O3. The number of rotatable bonds is 7. The molecule has 0 N–H and O–H groups in total. The van der Waals surface area contributed by atoms with Crippen LogP contribution in [0, 0.1) is 0 Å². The smallest absolute Gasteiger partial charge is 0.327 e. The predicted molar refractivity (Wildman–Crippen MR) is 97.1 cm³/mol. The van der Waals surface area contributed by atoms with Crippen LogP contribution in [0.25, 0.3) is 0 Å². The van der Waals surface area contributed by atoms with Crippen LogP contribution in [0.4, 0.5) is 4.79 Å². The zero-order valence-corrected chi connectivity index (χ0v) is 16.2. The van der Waals surface area contributed by atoms with E-state index in [0.29, 0.717) is 19.4 Å². The van der Waals surface area contributed by atoms with Crippen molar-refractivity contribution in [3.05, 3.63) is 0 Å². The van der Waals surface area contributed by atoms with Crippen molar-refractivity contribution in [3.63, 3.8) is 0 Å². The molecule has 1 aliphatic carbocycles. The van der Waals surface area contributed by atoms with Crippen LogP contribution in [0.1, 0.15) is 72.1 Å². The van der Waals surface area contributed by atoms with Crippen molar-refractivity contribution in [2.24, 2.45) is 0 Å². The molecule has 1 unspecified atom stereocenters. The van der Waals surface area contributed by atoms with Crippen LogP contribution in [-0.4, -0.2) is 64.3 Å². The Hall–Kier alpha value is -1.59. The molecular weight excluding hydrogens is 318 g/mol. The second-order valence-corrected chi connectivity index (χ2v) is 7.52. The van der Waals surface area contributed by atoms with Crippen LogP contribution in [0.15, 0.2) is 0 Å². The second-order valence-electron chi connectivity index (χ2n) is 7.52. The van der Waals surface area contributed by atoms with E-state index in [2.05, 4.69) is 6.92 Å². The molecule has 1 saturated heterocycles. The number of amides is 4. The highest BCUT2D eigenvalue weighted by Gasteiger charge is 2.56. The third-order valence-corrected chi connectivity index (χ3v) is 5.97. The Balaban J connectivity index is 2.13. The fourth-order valence-electron chi connectivity index (χ4n) is 4.04. The van der Waals surface area contributed by atoms with Gasteiger partial charge in [-0.1, -0.05) is 39.5 Å². The van der Waals surface area contributed by atoms with Crippen molar-refractivity contribution >= 4 is 17.8 Å². The molecule has 25 heavy (non-hydrogen) atoms. The van der Waals surface area contributed by atoms with Gasteiger partial charge in [0, 0.05) is 19.6 Å². The van der Waals surface area contributed by atoms with E-state index >= 15 is 0 Å². The van der Waals surface area contributed by atoms with Crippen LogP contribution in [0.5, 0.6) is 0 Å². The van der Waals surface area contributed by atoms with Crippen LogP contribution < -0.4 is 0 Å². The topological polar surface area (TPSA) is 60.9 Å². The number of nitrogens with zero attached hydrogens (tertiary/aromatic N) is 3. The van der Waals surface area contributed by atoms with E-state index in [0.717, 1.165) is 38.5 Å². The van der Waals surface area contributed by atoms with E-state index in [4.69, 9.17) is 0 Å². The van der Waals surface area contributed by atoms with Crippen molar-refractivity contribution in [1.82, 2.24) is 14.7 Å². The summed E-state index contributed by atoms with van der Waals surface area (Å²) in [6.07, 6.45) is 7.25. The van der Waals surface area contributed by atoms with Gasteiger partial charge in [0.05, 0.1) is 0 Å². The lowest BCUT2D eigenvalue weighted by Gasteiger charge is -2.36. The molecule has 6 heteroatoms. The fourth-order valence-corrected chi connectivity index (χ4v) is 4.04. The molecule has 0 bridgehead atoms. The van der Waals surface area contributed by atoms with Gasteiger partial charge in [-0.05, 0) is 32.6 Å². The lowest BCUT2D eigenvalue weighted by Crippen LogP contribution is -2.50. The summed E-state index contributed by atoms with van der Waals surface area (Å²) < 4.78 is 0. The first-order valence-electron chi connectivity index (χ1n) is 9.78. The van der Waals surface area contributed by atoms with Crippen LogP contribution >= 0.6 is 0 Å². The molecule has 2 fully saturated rings. The van der Waals surface area contributed by atoms with E-state index in [1.165, 1.54) is 4.90 Å². The van der Waals surface area contributed by atoms with Crippen LogP contribution in [0.2, 0.25) is 0 Å². The minimum atomic E-state index is -0.708. The first kappa shape index (κ1) is 19.7. The molecule has 142 valence electrons. The average molecular weight is 351 g/mol. The molecule has 0 aromatic heterocycles. The van der Waals surface area contributed by atoms with E-state index in [-0.39, 0.29) is 30.4 Å². The Kier molecular flexibility index (Phi) is 6.47. The predicted octanol–water partition coefficient (Wildman–Crippen LogP) is 3.01. The second kappa shape index (κ2) is 8.19. The molecule has 2 rings (SSSR count). The summed E-state index contributed by atoms with van der Waals surface area (Å²) in [6, 6.07) is -0.201. The number of hydrogen-bond donors (Lipinski definition) is 0. The Morgan fingerprint density at radius 1 is 1.20 bits per heavy atom. The number of unbranched alkanes of at least 4 members (excludes halogenated alkanes) is 1. The number of carbonyl (C=O) groups excluding carboxylic acids is 3. The first-order chi connectivity index (χ1) is 11.9. The zero-order chi connectivity index (χ0) is 18.6. The third kappa shape index (κ3) is 3.67. The minimum absolute atomic E-state index is 0.119. The Labute approximate surface area is 151 Å². The van der Waals surface area contributed by atoms with E-state index in [1.54, 1.807) is 11.9 Å². The van der Waals surface area contributed by atoms with Crippen molar-refractivity contribution < 1.29 is 14.4 Å². The largest absolute Gasteiger partial charge is 0.338 e. The SMILES string of the molecule is CCCCN(C(=O)CN1C(=O)N(C)C2(CCCCC2)C1=O)C(C)CC. The third-order valence-electron chi connectivity index (χ3n) is 5.97. The van der Waals surface area contributed by atoms with Gasteiger partial charge in [0.1, 0.15) is 12.1 Å². The highest BCUT2D eigenvalue weighted by Crippen LogP contribution is 2.39. The number of urea groups is 1. The van der Waals surface area contributed by atoms with Gasteiger partial charge in [-0.25, -0.2) is 4.79 Å². The molecule has 1 aliphatic heterocycles. The summed E-state index contributed by atoms with van der Waals surface area (Å²) >= 11 is 0. The summed E-state index contributed by atoms with van der Waals surface area (Å²) in [4.78, 5) is 43.1. The van der Waals surface area contributed by atoms with Crippen molar-refractivity contribution in [2.45, 2.75) is 83.7 Å². The van der Waals surface area contributed by atoms with Gasteiger partial charge in [-0.15, -0.1) is 0 Å². The minimum Gasteiger partial charge on any atom is -0.338 e. The van der Waals surface area contributed by atoms with Crippen molar-refractivity contribution in [2.75, 3.05) is 20.1 Å². The number of carbonyl (C=O) groups is 3. The van der Waals surface area contributed by atoms with Gasteiger partial charge in [0.25, 0.3) is 5.91 Å². The maximum atomic E-state index is 13.0. The first-order valence-corrected chi connectivity index (χ1v) is 9.78. The summed E-state index contributed by atoms with van der Waals surface area (Å²) in [6.45, 7) is 6.72. The van der Waals surface area contributed by atoms with E-state index in [1.807, 2.05) is 18.7 Å². The van der Waals surface area contributed by atoms with Gasteiger partial charge < -0.3 is 9.80 Å². The molecule has 4 amide bonds. The van der Waals surface area contributed by atoms with Crippen LogP contribution in [0.3, 0.4) is 0 Å². The Bertz CT molecular complexity index is 514. The van der Waals surface area contributed by atoms with Crippen molar-refractivity contribution in [1.29, 1.82) is 0 Å². The Morgan fingerprint density at radius 2 is 1.84 bits per heavy atom. The summed E-state index contributed by atoms with van der Waals surface area (Å²) in [5.41, 5.74) is -0.708. The normalized spacial score (nSPS) is 21.1. The van der Waals surface area contributed by atoms with Gasteiger partial charge in [-0.3, -0.25) is 14.5 Å². The van der Waals surface area contributed by atoms with Crippen molar-refractivity contribution in [3.8, 4) is 0 Å². The summed E-state index contributed by atoms with van der Waals surface area (Å²) in [7, 11) is 1.71. The Morgan fingerprint density at radius 3 is 2.40 bits per heavy atom. The van der Waals surface area contributed by atoms with E-state index < -0.39 is 5.54 Å². The maximum absolute atomic E-state index is 13.0. The molecule has 0 aromatic carbocycles. The summed E-state index contributed by atoms with van der Waals surface area (Å²) in [5.74, 6) is -0.293. The van der Waals surface area contributed by atoms with Crippen LogP contribution in [-0.2, 0) is 9.59 Å². The van der Waals surface area contributed by atoms with Gasteiger partial charge in [-0.2, -0.15) is 0 Å². The van der Waals surface area contributed by atoms with Gasteiger partial charge >= 0.3 is 6.03 Å². The molecule has 1 heterocycles. The number of hydrogen-bond acceptors (Lipinski definition) is 3. The molecule has 0 radical (unpaired) electrons. The highest BCUT2D eigenvalue weighted by molar-refractivity contribution is 6.08. The fraction of sp³-hybridized carbons (Fsp3) is 0.842. The molecule has 1 spiro atoms. The average Bonchev–Trinajstić information content (AvgIpc) is 2.79. The number of imide groups is 1. The maximum Gasteiger partial charge on any atom is 0.327 e. The number of likely N-dealkylation sites (N-methyl/N-ethyl adjacent to an activating group) is 1. The van der Waals surface area contributed by atoms with E-state index in [9.17, 15) is 14.4 Å². The molecule has 2 aliphatic rings. The lowest BCUT2D eigenvalue weighted by molar-refractivity contribution is -0.141. The monoisotopic (exact) mass is 351 g/mol.